The molecular weight excluding hydrogens is 327 g/mol. The van der Waals surface area contributed by atoms with Gasteiger partial charge in [-0.3, -0.25) is 0 Å². The van der Waals surface area contributed by atoms with Crippen molar-refractivity contribution < 1.29 is 21.6 Å². The Kier molecular flexibility index (Phi) is 4.44. The summed E-state index contributed by atoms with van der Waals surface area (Å²) in [5.41, 5.74) is -1.01. The number of nitrogens with one attached hydrogen (secondary N) is 1. The number of rotatable bonds is 3. The Labute approximate surface area is 126 Å². The standard InChI is InChI=1S/C13H15ClF3NO2S/c1-21(19,20)12-4-2-3-11(12)18-10-6-5-8(14)7-9(10)13(15,16)17/h5-7,11-12,18H,2-4H2,1H3. The number of benzene rings is 1. The predicted octanol–water partition coefficient (Wildman–Crippen LogP) is 3.74. The van der Waals surface area contributed by atoms with Crippen LogP contribution in [0.1, 0.15) is 24.8 Å². The number of anilines is 1. The molecule has 2 rings (SSSR count). The van der Waals surface area contributed by atoms with Gasteiger partial charge in [-0.1, -0.05) is 11.6 Å². The third-order valence-electron chi connectivity index (χ3n) is 3.63. The van der Waals surface area contributed by atoms with E-state index >= 15 is 0 Å². The lowest BCUT2D eigenvalue weighted by Crippen LogP contribution is -2.35. The Morgan fingerprint density at radius 1 is 1.29 bits per heavy atom. The molecule has 0 aliphatic heterocycles. The molecule has 8 heteroatoms. The molecule has 1 aromatic rings. The zero-order valence-electron chi connectivity index (χ0n) is 11.2. The second-order valence-corrected chi connectivity index (χ2v) is 7.94. The van der Waals surface area contributed by atoms with Crippen LogP contribution in [0, 0.1) is 0 Å². The zero-order chi connectivity index (χ0) is 15.8. The van der Waals surface area contributed by atoms with E-state index in [1.807, 2.05) is 0 Å². The van der Waals surface area contributed by atoms with E-state index in [0.717, 1.165) is 12.3 Å². The van der Waals surface area contributed by atoms with Crippen molar-refractivity contribution in [2.75, 3.05) is 11.6 Å². The van der Waals surface area contributed by atoms with Gasteiger partial charge in [0.05, 0.1) is 10.8 Å². The summed E-state index contributed by atoms with van der Waals surface area (Å²) in [5, 5.41) is 2.07. The first-order chi connectivity index (χ1) is 9.59. The topological polar surface area (TPSA) is 46.2 Å². The highest BCUT2D eigenvalue weighted by Crippen LogP contribution is 2.38. The average molecular weight is 342 g/mol. The highest BCUT2D eigenvalue weighted by molar-refractivity contribution is 7.91. The molecule has 0 radical (unpaired) electrons. The van der Waals surface area contributed by atoms with Gasteiger partial charge in [0.15, 0.2) is 9.84 Å². The van der Waals surface area contributed by atoms with E-state index in [0.29, 0.717) is 19.3 Å². The molecule has 0 aromatic heterocycles. The second-order valence-electron chi connectivity index (χ2n) is 5.24. The van der Waals surface area contributed by atoms with Crippen LogP contribution in [-0.2, 0) is 16.0 Å². The Morgan fingerprint density at radius 2 is 1.95 bits per heavy atom. The molecule has 3 nitrogen and oxygen atoms in total. The van der Waals surface area contributed by atoms with Gasteiger partial charge in [-0.05, 0) is 37.5 Å². The van der Waals surface area contributed by atoms with E-state index in [2.05, 4.69) is 5.32 Å². The van der Waals surface area contributed by atoms with Crippen LogP contribution >= 0.6 is 11.6 Å². The van der Waals surface area contributed by atoms with Gasteiger partial charge in [0.1, 0.15) is 0 Å². The number of hydrogen-bond donors (Lipinski definition) is 1. The minimum absolute atomic E-state index is 0.0149. The first-order valence-electron chi connectivity index (χ1n) is 6.41. The molecular formula is C13H15ClF3NO2S. The molecule has 1 aliphatic rings. The normalized spacial score (nSPS) is 23.3. The van der Waals surface area contributed by atoms with E-state index in [1.165, 1.54) is 12.1 Å². The molecule has 0 spiro atoms. The van der Waals surface area contributed by atoms with E-state index in [1.54, 1.807) is 0 Å². The highest BCUT2D eigenvalue weighted by Gasteiger charge is 2.38. The average Bonchev–Trinajstić information content (AvgIpc) is 2.78. The van der Waals surface area contributed by atoms with Crippen molar-refractivity contribution in [2.24, 2.45) is 0 Å². The number of halogens is 4. The van der Waals surface area contributed by atoms with Crippen LogP contribution in [0.3, 0.4) is 0 Å². The first-order valence-corrected chi connectivity index (χ1v) is 8.74. The molecule has 1 fully saturated rings. The maximum absolute atomic E-state index is 13.0. The van der Waals surface area contributed by atoms with E-state index in [9.17, 15) is 21.6 Å². The third-order valence-corrected chi connectivity index (χ3v) is 5.53. The van der Waals surface area contributed by atoms with Crippen molar-refractivity contribution in [3.05, 3.63) is 28.8 Å². The van der Waals surface area contributed by atoms with Gasteiger partial charge in [-0.2, -0.15) is 13.2 Å². The maximum atomic E-state index is 13.0. The summed E-state index contributed by atoms with van der Waals surface area (Å²) >= 11 is 5.62. The van der Waals surface area contributed by atoms with Crippen molar-refractivity contribution in [3.8, 4) is 0 Å². The number of alkyl halides is 3. The third kappa shape index (κ3) is 3.83. The van der Waals surface area contributed by atoms with Gasteiger partial charge < -0.3 is 5.32 Å². The van der Waals surface area contributed by atoms with Gasteiger partial charge in [0.25, 0.3) is 0 Å². The molecule has 0 bridgehead atoms. The molecule has 0 saturated heterocycles. The highest BCUT2D eigenvalue weighted by atomic mass is 35.5. The lowest BCUT2D eigenvalue weighted by atomic mass is 10.1. The van der Waals surface area contributed by atoms with Crippen LogP contribution in [0.5, 0.6) is 0 Å². The van der Waals surface area contributed by atoms with Crippen molar-refractivity contribution in [1.82, 2.24) is 0 Å². The first kappa shape index (κ1) is 16.4. The molecule has 2 unspecified atom stereocenters. The lowest BCUT2D eigenvalue weighted by Gasteiger charge is -2.23. The molecule has 0 amide bonds. The fourth-order valence-corrected chi connectivity index (χ4v) is 4.25. The van der Waals surface area contributed by atoms with Gasteiger partial charge in [0.2, 0.25) is 0 Å². The fourth-order valence-electron chi connectivity index (χ4n) is 2.68. The van der Waals surface area contributed by atoms with Crippen LogP contribution in [0.4, 0.5) is 18.9 Å². The van der Waals surface area contributed by atoms with Crippen LogP contribution in [0.25, 0.3) is 0 Å². The monoisotopic (exact) mass is 341 g/mol. The Morgan fingerprint density at radius 3 is 2.52 bits per heavy atom. The zero-order valence-corrected chi connectivity index (χ0v) is 12.8. The Hall–Kier alpha value is -0.950. The van der Waals surface area contributed by atoms with Crippen LogP contribution in [0.15, 0.2) is 18.2 Å². The lowest BCUT2D eigenvalue weighted by molar-refractivity contribution is -0.137. The molecule has 0 heterocycles. The fraction of sp³-hybridized carbons (Fsp3) is 0.538. The maximum Gasteiger partial charge on any atom is 0.418 e. The van der Waals surface area contributed by atoms with Crippen LogP contribution in [-0.4, -0.2) is 26.0 Å². The summed E-state index contributed by atoms with van der Waals surface area (Å²) in [5.74, 6) is 0. The quantitative estimate of drug-likeness (QED) is 0.911. The summed E-state index contributed by atoms with van der Waals surface area (Å²) < 4.78 is 62.4. The van der Waals surface area contributed by atoms with E-state index < -0.39 is 32.9 Å². The Balaban J connectivity index is 2.32. The van der Waals surface area contributed by atoms with Gasteiger partial charge in [0, 0.05) is 23.0 Å². The van der Waals surface area contributed by atoms with E-state index in [4.69, 9.17) is 11.6 Å². The minimum atomic E-state index is -4.55. The molecule has 1 aromatic carbocycles. The van der Waals surface area contributed by atoms with Gasteiger partial charge >= 0.3 is 6.18 Å². The number of sulfone groups is 1. The smallest absolute Gasteiger partial charge is 0.381 e. The summed E-state index contributed by atoms with van der Waals surface area (Å²) in [7, 11) is -3.30. The van der Waals surface area contributed by atoms with Crippen LogP contribution < -0.4 is 5.32 Å². The Bertz CT molecular complexity index is 631. The summed E-state index contributed by atoms with van der Waals surface area (Å²) in [6, 6.07) is 2.92. The van der Waals surface area contributed by atoms with Crippen molar-refractivity contribution in [1.29, 1.82) is 0 Å². The van der Waals surface area contributed by atoms with E-state index in [-0.39, 0.29) is 10.7 Å². The van der Waals surface area contributed by atoms with Crippen molar-refractivity contribution in [3.63, 3.8) is 0 Å². The molecule has 1 aliphatic carbocycles. The molecule has 118 valence electrons. The van der Waals surface area contributed by atoms with Gasteiger partial charge in [-0.25, -0.2) is 8.42 Å². The van der Waals surface area contributed by atoms with Crippen LogP contribution in [0.2, 0.25) is 5.02 Å². The summed E-state index contributed by atoms with van der Waals surface area (Å²) in [4.78, 5) is 0. The molecule has 2 atom stereocenters. The number of hydrogen-bond acceptors (Lipinski definition) is 3. The minimum Gasteiger partial charge on any atom is -0.381 e. The summed E-state index contributed by atoms with van der Waals surface area (Å²) in [6.07, 6.45) is -1.77. The molecule has 1 N–H and O–H groups in total. The largest absolute Gasteiger partial charge is 0.418 e. The molecule has 1 saturated carbocycles. The predicted molar refractivity (Wildman–Crippen MR) is 76.3 cm³/mol. The molecule has 21 heavy (non-hydrogen) atoms. The van der Waals surface area contributed by atoms with Crippen molar-refractivity contribution in [2.45, 2.75) is 36.7 Å². The van der Waals surface area contributed by atoms with Gasteiger partial charge in [-0.15, -0.1) is 0 Å². The SMILES string of the molecule is CS(=O)(=O)C1CCCC1Nc1ccc(Cl)cc1C(F)(F)F. The second kappa shape index (κ2) is 5.68. The summed E-state index contributed by atoms with van der Waals surface area (Å²) in [6.45, 7) is 0. The van der Waals surface area contributed by atoms with Crippen molar-refractivity contribution >= 4 is 27.1 Å².